The average Bonchev–Trinajstić information content (AvgIpc) is 2.55. The maximum Gasteiger partial charge on any atom is 0.0340 e. The predicted octanol–water partition coefficient (Wildman–Crippen LogP) is 3.58. The monoisotopic (exact) mass is 283 g/mol. The molecular weight excluding hydrogens is 258 g/mol. The Morgan fingerprint density at radius 3 is 1.38 bits per heavy atom. The Morgan fingerprint density at radius 2 is 0.952 bits per heavy atom. The molecule has 3 heteroatoms. The molecule has 0 aliphatic carbocycles. The van der Waals surface area contributed by atoms with Crippen LogP contribution in [-0.2, 0) is 0 Å². The molecule has 3 N–H and O–H groups in total. The van der Waals surface area contributed by atoms with Crippen molar-refractivity contribution in [2.75, 3.05) is 36.8 Å². The third-order valence-corrected chi connectivity index (χ3v) is 3.27. The van der Waals surface area contributed by atoms with Crippen molar-refractivity contribution < 1.29 is 0 Å². The van der Waals surface area contributed by atoms with E-state index in [1.54, 1.807) is 0 Å². The molecule has 21 heavy (non-hydrogen) atoms. The summed E-state index contributed by atoms with van der Waals surface area (Å²) in [5.74, 6) is 0. The highest BCUT2D eigenvalue weighted by molar-refractivity contribution is 5.42. The molecule has 0 spiro atoms. The van der Waals surface area contributed by atoms with Gasteiger partial charge < -0.3 is 16.0 Å². The van der Waals surface area contributed by atoms with Gasteiger partial charge in [-0.1, -0.05) is 36.4 Å². The third-order valence-electron chi connectivity index (χ3n) is 3.27. The zero-order chi connectivity index (χ0) is 14.6. The van der Waals surface area contributed by atoms with Gasteiger partial charge in [-0.25, -0.2) is 0 Å². The smallest absolute Gasteiger partial charge is 0.0340 e. The van der Waals surface area contributed by atoms with Crippen LogP contribution in [0, 0.1) is 0 Å². The van der Waals surface area contributed by atoms with Crippen molar-refractivity contribution in [1.82, 2.24) is 5.32 Å². The van der Waals surface area contributed by atoms with Gasteiger partial charge in [0.1, 0.15) is 0 Å². The summed E-state index contributed by atoms with van der Waals surface area (Å²) in [6.45, 7) is 4.15. The van der Waals surface area contributed by atoms with E-state index in [1.165, 1.54) is 11.4 Å². The molecule has 0 atom stereocenters. The molecule has 2 aromatic carbocycles. The first-order valence-electron chi connectivity index (χ1n) is 7.74. The van der Waals surface area contributed by atoms with Gasteiger partial charge in [0.25, 0.3) is 0 Å². The maximum atomic E-state index is 3.48. The van der Waals surface area contributed by atoms with Crippen molar-refractivity contribution in [3.63, 3.8) is 0 Å². The third kappa shape index (κ3) is 6.82. The molecule has 0 aromatic heterocycles. The fourth-order valence-electron chi connectivity index (χ4n) is 2.13. The second-order valence-electron chi connectivity index (χ2n) is 5.04. The minimum Gasteiger partial charge on any atom is -0.385 e. The van der Waals surface area contributed by atoms with Crippen molar-refractivity contribution >= 4 is 11.4 Å². The summed E-state index contributed by atoms with van der Waals surface area (Å²) in [4.78, 5) is 0. The molecule has 0 aliphatic rings. The van der Waals surface area contributed by atoms with Gasteiger partial charge in [0, 0.05) is 24.5 Å². The molecule has 0 saturated carbocycles. The largest absolute Gasteiger partial charge is 0.385 e. The van der Waals surface area contributed by atoms with Gasteiger partial charge in [-0.3, -0.25) is 0 Å². The molecule has 0 bridgehead atoms. The van der Waals surface area contributed by atoms with Crippen molar-refractivity contribution in [2.45, 2.75) is 12.8 Å². The fourth-order valence-corrected chi connectivity index (χ4v) is 2.13. The first kappa shape index (κ1) is 15.4. The van der Waals surface area contributed by atoms with E-state index in [4.69, 9.17) is 0 Å². The summed E-state index contributed by atoms with van der Waals surface area (Å²) in [6.07, 6.45) is 2.28. The fraction of sp³-hybridized carbons (Fsp3) is 0.333. The predicted molar refractivity (Wildman–Crippen MR) is 92.0 cm³/mol. The summed E-state index contributed by atoms with van der Waals surface area (Å²) in [6, 6.07) is 20.7. The lowest BCUT2D eigenvalue weighted by Gasteiger charge is -2.08. The van der Waals surface area contributed by atoms with E-state index < -0.39 is 0 Å². The lowest BCUT2D eigenvalue weighted by molar-refractivity contribution is 0.643. The molecule has 0 fully saturated rings. The van der Waals surface area contributed by atoms with Crippen LogP contribution in [-0.4, -0.2) is 26.2 Å². The van der Waals surface area contributed by atoms with Gasteiger partial charge >= 0.3 is 0 Å². The van der Waals surface area contributed by atoms with E-state index in [0.29, 0.717) is 0 Å². The number of hydrogen-bond donors (Lipinski definition) is 3. The standard InChI is InChI=1S/C18H25N3/c1-3-9-17(10-4-1)20-15-7-13-19-14-8-16-21-18-11-5-2-6-12-18/h1-6,9-12,19-21H,7-8,13-16H2. The Morgan fingerprint density at radius 1 is 0.524 bits per heavy atom. The summed E-state index contributed by atoms with van der Waals surface area (Å²) < 4.78 is 0. The van der Waals surface area contributed by atoms with Gasteiger partial charge in [-0.2, -0.15) is 0 Å². The summed E-state index contributed by atoms with van der Waals surface area (Å²) in [5, 5.41) is 10.3. The lowest BCUT2D eigenvalue weighted by Crippen LogP contribution is -2.21. The Bertz CT molecular complexity index is 425. The Kier molecular flexibility index (Phi) is 7.21. The Hall–Kier alpha value is -2.00. The van der Waals surface area contributed by atoms with Crippen LogP contribution >= 0.6 is 0 Å². The van der Waals surface area contributed by atoms with Crippen molar-refractivity contribution in [3.05, 3.63) is 60.7 Å². The number of benzene rings is 2. The van der Waals surface area contributed by atoms with Crippen LogP contribution in [0.5, 0.6) is 0 Å². The van der Waals surface area contributed by atoms with Crippen LogP contribution in [0.2, 0.25) is 0 Å². The highest BCUT2D eigenvalue weighted by atomic mass is 14.9. The first-order valence-corrected chi connectivity index (χ1v) is 7.74. The average molecular weight is 283 g/mol. The molecule has 0 radical (unpaired) electrons. The second-order valence-corrected chi connectivity index (χ2v) is 5.04. The van der Waals surface area contributed by atoms with E-state index in [1.807, 2.05) is 12.1 Å². The van der Waals surface area contributed by atoms with E-state index in [9.17, 15) is 0 Å². The number of rotatable bonds is 10. The second kappa shape index (κ2) is 9.83. The minimum atomic E-state index is 1.01. The number of anilines is 2. The normalized spacial score (nSPS) is 10.3. The van der Waals surface area contributed by atoms with Gasteiger partial charge in [0.15, 0.2) is 0 Å². The zero-order valence-electron chi connectivity index (χ0n) is 12.5. The SMILES string of the molecule is c1ccc(NCCCNCCCNc2ccccc2)cc1. The molecule has 0 unspecified atom stereocenters. The van der Waals surface area contributed by atoms with Gasteiger partial charge in [0.2, 0.25) is 0 Å². The highest BCUT2D eigenvalue weighted by Gasteiger charge is 1.92. The summed E-state index contributed by atoms with van der Waals surface area (Å²) >= 11 is 0. The van der Waals surface area contributed by atoms with Crippen LogP contribution < -0.4 is 16.0 Å². The van der Waals surface area contributed by atoms with Crippen LogP contribution in [0.15, 0.2) is 60.7 Å². The molecule has 0 saturated heterocycles. The van der Waals surface area contributed by atoms with Gasteiger partial charge in [-0.05, 0) is 50.2 Å². The molecule has 112 valence electrons. The lowest BCUT2D eigenvalue weighted by atomic mass is 10.3. The van der Waals surface area contributed by atoms with Crippen LogP contribution in [0.25, 0.3) is 0 Å². The zero-order valence-corrected chi connectivity index (χ0v) is 12.5. The quantitative estimate of drug-likeness (QED) is 0.583. The number of para-hydroxylation sites is 2. The molecule has 0 aliphatic heterocycles. The van der Waals surface area contributed by atoms with E-state index in [2.05, 4.69) is 64.5 Å². The number of hydrogen-bond acceptors (Lipinski definition) is 3. The molecule has 2 rings (SSSR count). The Balaban J connectivity index is 1.40. The van der Waals surface area contributed by atoms with Gasteiger partial charge in [0.05, 0.1) is 0 Å². The number of nitrogens with one attached hydrogen (secondary N) is 3. The maximum absolute atomic E-state index is 3.48. The topological polar surface area (TPSA) is 36.1 Å². The Labute approximate surface area is 127 Å². The van der Waals surface area contributed by atoms with E-state index in [-0.39, 0.29) is 0 Å². The van der Waals surface area contributed by atoms with Crippen LogP contribution in [0.1, 0.15) is 12.8 Å². The van der Waals surface area contributed by atoms with Crippen molar-refractivity contribution in [2.24, 2.45) is 0 Å². The van der Waals surface area contributed by atoms with E-state index >= 15 is 0 Å². The molecule has 2 aromatic rings. The van der Waals surface area contributed by atoms with E-state index in [0.717, 1.165) is 39.0 Å². The highest BCUT2D eigenvalue weighted by Crippen LogP contribution is 2.05. The van der Waals surface area contributed by atoms with Crippen LogP contribution in [0.4, 0.5) is 11.4 Å². The van der Waals surface area contributed by atoms with Crippen molar-refractivity contribution in [3.8, 4) is 0 Å². The molecule has 0 heterocycles. The summed E-state index contributed by atoms with van der Waals surface area (Å²) in [5.41, 5.74) is 2.40. The minimum absolute atomic E-state index is 1.01. The molecule has 0 amide bonds. The molecule has 3 nitrogen and oxygen atoms in total. The first-order chi connectivity index (χ1) is 10.4. The van der Waals surface area contributed by atoms with Crippen molar-refractivity contribution in [1.29, 1.82) is 0 Å². The molecular formula is C18H25N3. The summed E-state index contributed by atoms with van der Waals surface area (Å²) in [7, 11) is 0. The van der Waals surface area contributed by atoms with Crippen LogP contribution in [0.3, 0.4) is 0 Å². The van der Waals surface area contributed by atoms with Gasteiger partial charge in [-0.15, -0.1) is 0 Å².